The molecule has 292 valence electrons. The van der Waals surface area contributed by atoms with Gasteiger partial charge in [0.2, 0.25) is 0 Å². The second-order valence-electron chi connectivity index (χ2n) is 18.7. The van der Waals surface area contributed by atoms with Crippen LogP contribution in [0, 0.1) is 0 Å². The smallest absolute Gasteiger partial charge is 0.0171 e. The second kappa shape index (κ2) is 12.6. The normalized spacial score (nSPS) is 14.4. The van der Waals surface area contributed by atoms with Gasteiger partial charge in [-0.05, 0) is 150 Å². The maximum atomic E-state index is 2.48. The van der Waals surface area contributed by atoms with E-state index >= 15 is 0 Å². The summed E-state index contributed by atoms with van der Waals surface area (Å²) in [6.07, 6.45) is 0. The second-order valence-corrected chi connectivity index (χ2v) is 18.7. The van der Waals surface area contributed by atoms with Crippen LogP contribution in [-0.4, -0.2) is 0 Å². The van der Waals surface area contributed by atoms with E-state index in [1.54, 1.807) is 0 Å². The van der Waals surface area contributed by atoms with Crippen molar-refractivity contribution in [3.63, 3.8) is 0 Å². The van der Waals surface area contributed by atoms with Crippen LogP contribution >= 0.6 is 0 Å². The predicted molar refractivity (Wildman–Crippen MR) is 265 cm³/mol. The average Bonchev–Trinajstić information content (AvgIpc) is 3.70. The summed E-state index contributed by atoms with van der Waals surface area (Å²) in [4.78, 5) is 0. The highest BCUT2D eigenvalue weighted by atomic mass is 14.4. The van der Waals surface area contributed by atoms with E-state index in [4.69, 9.17) is 0 Å². The van der Waals surface area contributed by atoms with Gasteiger partial charge in [-0.15, -0.1) is 0 Å². The van der Waals surface area contributed by atoms with Crippen molar-refractivity contribution < 1.29 is 0 Å². The zero-order valence-corrected chi connectivity index (χ0v) is 35.5. The summed E-state index contributed by atoms with van der Waals surface area (Å²) in [6.45, 7) is 9.61. The quantitative estimate of drug-likeness (QED) is 0.124. The fourth-order valence-corrected chi connectivity index (χ4v) is 12.1. The minimum absolute atomic E-state index is 0.0677. The number of fused-ring (bicyclic) bond motifs is 15. The van der Waals surface area contributed by atoms with Crippen LogP contribution in [0.4, 0.5) is 0 Å². The number of benzene rings is 11. The summed E-state index contributed by atoms with van der Waals surface area (Å²) in [5.74, 6) is 0. The maximum absolute atomic E-state index is 2.48. The van der Waals surface area contributed by atoms with Crippen LogP contribution in [-0.2, 0) is 10.8 Å². The molecule has 0 N–H and O–H groups in total. The van der Waals surface area contributed by atoms with E-state index in [0.717, 1.165) is 0 Å². The monoisotopic (exact) mass is 788 g/mol. The molecule has 0 aromatic heterocycles. The van der Waals surface area contributed by atoms with Gasteiger partial charge in [0, 0.05) is 10.8 Å². The number of rotatable bonds is 3. The molecule has 11 aromatic carbocycles. The van der Waals surface area contributed by atoms with Crippen LogP contribution in [0.25, 0.3) is 109 Å². The lowest BCUT2D eigenvalue weighted by Crippen LogP contribution is -2.16. The van der Waals surface area contributed by atoms with Gasteiger partial charge in [-0.25, -0.2) is 0 Å². The highest BCUT2D eigenvalue weighted by Crippen LogP contribution is 2.57. The molecular weight excluding hydrogens is 745 g/mol. The third-order valence-corrected chi connectivity index (χ3v) is 14.8. The highest BCUT2D eigenvalue weighted by molar-refractivity contribution is 6.22. The predicted octanol–water partition coefficient (Wildman–Crippen LogP) is 17.1. The van der Waals surface area contributed by atoms with Crippen molar-refractivity contribution in [2.45, 2.75) is 38.5 Å². The molecule has 0 nitrogen and oxygen atoms in total. The molecule has 0 heteroatoms. The first-order valence-electron chi connectivity index (χ1n) is 22.1. The van der Waals surface area contributed by atoms with Crippen molar-refractivity contribution in [2.75, 3.05) is 0 Å². The summed E-state index contributed by atoms with van der Waals surface area (Å²) < 4.78 is 0. The Labute approximate surface area is 362 Å². The molecule has 2 aliphatic carbocycles. The maximum Gasteiger partial charge on any atom is 0.0171 e. The van der Waals surface area contributed by atoms with Crippen molar-refractivity contribution in [2.24, 2.45) is 0 Å². The van der Waals surface area contributed by atoms with Gasteiger partial charge in [0.15, 0.2) is 0 Å². The zero-order valence-electron chi connectivity index (χ0n) is 35.5. The fraction of sp³-hybridized carbons (Fsp3) is 0.0968. The fourth-order valence-electron chi connectivity index (χ4n) is 12.1. The van der Waals surface area contributed by atoms with E-state index in [2.05, 4.69) is 222 Å². The van der Waals surface area contributed by atoms with Gasteiger partial charge in [0.05, 0.1) is 0 Å². The van der Waals surface area contributed by atoms with E-state index in [9.17, 15) is 0 Å². The topological polar surface area (TPSA) is 0 Å². The Morgan fingerprint density at radius 1 is 0.258 bits per heavy atom. The first kappa shape index (κ1) is 35.5. The molecule has 2 aliphatic rings. The van der Waals surface area contributed by atoms with Crippen LogP contribution in [0.15, 0.2) is 194 Å². The van der Waals surface area contributed by atoms with Crippen LogP contribution in [0.1, 0.15) is 49.9 Å². The molecule has 0 unspecified atom stereocenters. The van der Waals surface area contributed by atoms with Crippen molar-refractivity contribution in [1.29, 1.82) is 0 Å². The molecule has 0 atom stereocenters. The van der Waals surface area contributed by atoms with Gasteiger partial charge in [-0.2, -0.15) is 0 Å². The molecule has 0 saturated carbocycles. The van der Waals surface area contributed by atoms with E-state index < -0.39 is 0 Å². The zero-order chi connectivity index (χ0) is 41.5. The van der Waals surface area contributed by atoms with Crippen molar-refractivity contribution in [3.8, 4) is 55.6 Å². The largest absolute Gasteiger partial charge is 0.0619 e. The third kappa shape index (κ3) is 4.73. The average molecular weight is 789 g/mol. The molecular formula is C62H44. The molecule has 0 heterocycles. The van der Waals surface area contributed by atoms with Crippen LogP contribution in [0.2, 0.25) is 0 Å². The van der Waals surface area contributed by atoms with Crippen molar-refractivity contribution in [1.82, 2.24) is 0 Å². The van der Waals surface area contributed by atoms with E-state index in [0.29, 0.717) is 0 Å². The Hall–Kier alpha value is -7.28. The summed E-state index contributed by atoms with van der Waals surface area (Å²) in [5, 5.41) is 13.1. The summed E-state index contributed by atoms with van der Waals surface area (Å²) in [5.41, 5.74) is 18.5. The minimum atomic E-state index is -0.162. The van der Waals surface area contributed by atoms with Crippen LogP contribution in [0.5, 0.6) is 0 Å². The SMILES string of the molecule is CC1(C)c2ccccc2-c2ccc(-c3c4ccccc4c(-c4cccc(-c5ccc6c7c(ccc6c5)-c5c(c6ccccc6c6ccccc56)C7(C)C)c4)c4ccccc34)cc21. The lowest BCUT2D eigenvalue weighted by Gasteiger charge is -2.25. The first-order valence-corrected chi connectivity index (χ1v) is 22.1. The van der Waals surface area contributed by atoms with Gasteiger partial charge in [-0.1, -0.05) is 204 Å². The lowest BCUT2D eigenvalue weighted by molar-refractivity contribution is 0.660. The molecule has 0 spiro atoms. The van der Waals surface area contributed by atoms with Gasteiger partial charge >= 0.3 is 0 Å². The van der Waals surface area contributed by atoms with Crippen molar-refractivity contribution in [3.05, 3.63) is 216 Å². The van der Waals surface area contributed by atoms with Crippen LogP contribution in [0.3, 0.4) is 0 Å². The molecule has 0 saturated heterocycles. The van der Waals surface area contributed by atoms with Gasteiger partial charge in [0.25, 0.3) is 0 Å². The molecule has 13 rings (SSSR count). The number of hydrogen-bond donors (Lipinski definition) is 0. The van der Waals surface area contributed by atoms with Gasteiger partial charge < -0.3 is 0 Å². The molecule has 62 heavy (non-hydrogen) atoms. The Kier molecular flexibility index (Phi) is 7.23. The number of hydrogen-bond acceptors (Lipinski definition) is 0. The van der Waals surface area contributed by atoms with Gasteiger partial charge in [0.1, 0.15) is 0 Å². The minimum Gasteiger partial charge on any atom is -0.0619 e. The Balaban J connectivity index is 0.957. The van der Waals surface area contributed by atoms with Crippen LogP contribution < -0.4 is 0 Å². The summed E-state index contributed by atoms with van der Waals surface area (Å²) in [6, 6.07) is 73.3. The first-order chi connectivity index (χ1) is 30.3. The highest BCUT2D eigenvalue weighted by Gasteiger charge is 2.40. The Bertz CT molecular complexity index is 3690. The molecule has 0 amide bonds. The van der Waals surface area contributed by atoms with E-state index in [-0.39, 0.29) is 10.8 Å². The summed E-state index contributed by atoms with van der Waals surface area (Å²) >= 11 is 0. The lowest BCUT2D eigenvalue weighted by atomic mass is 9.77. The summed E-state index contributed by atoms with van der Waals surface area (Å²) in [7, 11) is 0. The Morgan fingerprint density at radius 3 is 1.42 bits per heavy atom. The van der Waals surface area contributed by atoms with Crippen molar-refractivity contribution >= 4 is 53.9 Å². The molecule has 0 aliphatic heterocycles. The molecule has 11 aromatic rings. The van der Waals surface area contributed by atoms with E-state index in [1.807, 2.05) is 0 Å². The van der Waals surface area contributed by atoms with Gasteiger partial charge in [-0.3, -0.25) is 0 Å². The Morgan fingerprint density at radius 2 is 0.742 bits per heavy atom. The van der Waals surface area contributed by atoms with E-state index in [1.165, 1.54) is 132 Å². The third-order valence-electron chi connectivity index (χ3n) is 14.8. The molecule has 0 fully saturated rings. The standard InChI is InChI=1S/C62H44/c1-61(2)54-27-14-13-20-45(54)46-32-30-41(36-55(46)61)57-50-24-10-8-22-48(50)56(49-23-9-11-25-51(49)57)40-17-15-16-37(35-40)38-28-31-42-39(34-38)29-33-53-58-47-21-7-5-18-43(47)44-19-6-12-26-52(44)60(58)62(3,4)59(42)53/h5-36H,1-4H3. The molecule has 0 bridgehead atoms. The molecule has 0 radical (unpaired) electrons.